The molecular formula is C32H37N3O5. The molecule has 3 amide bonds. The van der Waals surface area contributed by atoms with Gasteiger partial charge in [0.25, 0.3) is 0 Å². The molecule has 2 saturated heterocycles. The highest BCUT2D eigenvalue weighted by molar-refractivity contribution is 6.02. The first-order valence-electron chi connectivity index (χ1n) is 14.3. The number of fused-ring (bicyclic) bond motifs is 1. The van der Waals surface area contributed by atoms with Crippen molar-refractivity contribution in [3.63, 3.8) is 0 Å². The van der Waals surface area contributed by atoms with Crippen molar-refractivity contribution in [2.45, 2.75) is 76.3 Å². The number of carbonyl (C=O) groups is 3. The van der Waals surface area contributed by atoms with Crippen LogP contribution in [-0.2, 0) is 25.7 Å². The fourth-order valence-electron chi connectivity index (χ4n) is 6.94. The third-order valence-corrected chi connectivity index (χ3v) is 9.16. The van der Waals surface area contributed by atoms with Crippen LogP contribution in [0.5, 0.6) is 5.75 Å². The van der Waals surface area contributed by atoms with Crippen molar-refractivity contribution in [1.82, 2.24) is 10.2 Å². The Hall–Kier alpha value is -3.65. The van der Waals surface area contributed by atoms with Gasteiger partial charge in [-0.1, -0.05) is 49.6 Å². The number of ether oxygens (including phenoxy) is 2. The topological polar surface area (TPSA) is 97.0 Å². The van der Waals surface area contributed by atoms with Crippen LogP contribution >= 0.6 is 0 Å². The van der Waals surface area contributed by atoms with Crippen molar-refractivity contribution in [1.29, 1.82) is 0 Å². The highest BCUT2D eigenvalue weighted by Crippen LogP contribution is 2.55. The molecule has 2 N–H and O–H groups in total. The Morgan fingerprint density at radius 1 is 1.02 bits per heavy atom. The number of rotatable bonds is 7. The number of hydrogen-bond acceptors (Lipinski definition) is 5. The van der Waals surface area contributed by atoms with Crippen LogP contribution in [0.15, 0.2) is 54.6 Å². The van der Waals surface area contributed by atoms with Gasteiger partial charge in [-0.3, -0.25) is 14.4 Å². The molecule has 5 atom stereocenters. The van der Waals surface area contributed by atoms with Crippen LogP contribution in [-0.4, -0.2) is 53.5 Å². The Morgan fingerprint density at radius 3 is 2.48 bits per heavy atom. The minimum absolute atomic E-state index is 0.0843. The van der Waals surface area contributed by atoms with E-state index in [-0.39, 0.29) is 30.3 Å². The summed E-state index contributed by atoms with van der Waals surface area (Å²) in [6.07, 6.45) is 8.35. The fraction of sp³-hybridized carbons (Fsp3) is 0.469. The number of nitrogens with one attached hydrogen (secondary N) is 2. The van der Waals surface area contributed by atoms with Gasteiger partial charge >= 0.3 is 0 Å². The number of benzene rings is 2. The number of nitrogens with zero attached hydrogens (tertiary/aromatic N) is 1. The maximum absolute atomic E-state index is 14.2. The average Bonchev–Trinajstić information content (AvgIpc) is 3.59. The van der Waals surface area contributed by atoms with E-state index in [0.717, 1.165) is 42.4 Å². The molecular weight excluding hydrogens is 506 g/mol. The van der Waals surface area contributed by atoms with E-state index in [1.54, 1.807) is 12.0 Å². The molecule has 3 fully saturated rings. The van der Waals surface area contributed by atoms with Crippen LogP contribution in [0.1, 0.15) is 48.8 Å². The summed E-state index contributed by atoms with van der Waals surface area (Å²) in [5.74, 6) is -1.51. The largest absolute Gasteiger partial charge is 0.497 e. The minimum atomic E-state index is -1.18. The van der Waals surface area contributed by atoms with Crippen molar-refractivity contribution in [2.24, 2.45) is 11.8 Å². The molecule has 2 bridgehead atoms. The van der Waals surface area contributed by atoms with Gasteiger partial charge in [0, 0.05) is 18.3 Å². The predicted octanol–water partition coefficient (Wildman–Crippen LogP) is 4.05. The lowest BCUT2D eigenvalue weighted by molar-refractivity contribution is -0.142. The molecule has 1 aliphatic carbocycles. The fourth-order valence-corrected chi connectivity index (χ4v) is 6.94. The number of aryl methyl sites for hydroxylation is 2. The van der Waals surface area contributed by atoms with Gasteiger partial charge in [0.2, 0.25) is 17.7 Å². The van der Waals surface area contributed by atoms with Crippen LogP contribution in [0.25, 0.3) is 0 Å². The number of methoxy groups -OCH3 is 1. The molecule has 3 heterocycles. The summed E-state index contributed by atoms with van der Waals surface area (Å²) in [5, 5.41) is 6.25. The van der Waals surface area contributed by atoms with Crippen molar-refractivity contribution < 1.29 is 23.9 Å². The SMILES string of the molecule is COc1ccc(CN2C(=O)C3C(C(=O)Nc4ccc(C)c(C)c4)C4C=CC3(O4)C2C(=O)NC2CCCCC2)cc1. The first kappa shape index (κ1) is 26.6. The minimum Gasteiger partial charge on any atom is -0.497 e. The summed E-state index contributed by atoms with van der Waals surface area (Å²) in [5.41, 5.74) is 2.57. The molecule has 0 radical (unpaired) electrons. The van der Waals surface area contributed by atoms with E-state index in [0.29, 0.717) is 11.4 Å². The molecule has 210 valence electrons. The standard InChI is InChI=1S/C32H37N3O5/c1-19-9-12-23(17-20(19)2)34-29(36)26-25-15-16-32(40-25)27(26)31(38)35(18-21-10-13-24(39-3)14-11-21)28(32)30(37)33-22-7-5-4-6-8-22/h9-17,22,25-28H,4-8,18H2,1-3H3,(H,33,37)(H,34,36). The molecule has 2 aromatic carbocycles. The molecule has 4 aliphatic rings. The zero-order chi connectivity index (χ0) is 28.0. The number of likely N-dealkylation sites (tertiary alicyclic amines) is 1. The molecule has 0 aromatic heterocycles. The molecule has 3 aliphatic heterocycles. The lowest BCUT2D eigenvalue weighted by atomic mass is 9.74. The summed E-state index contributed by atoms with van der Waals surface area (Å²) < 4.78 is 11.8. The van der Waals surface area contributed by atoms with Gasteiger partial charge in [-0.15, -0.1) is 0 Å². The average molecular weight is 544 g/mol. The molecule has 8 heteroatoms. The molecule has 2 aromatic rings. The summed E-state index contributed by atoms with van der Waals surface area (Å²) >= 11 is 0. The molecule has 6 rings (SSSR count). The normalized spacial score (nSPS) is 29.0. The van der Waals surface area contributed by atoms with E-state index in [4.69, 9.17) is 9.47 Å². The van der Waals surface area contributed by atoms with Crippen molar-refractivity contribution >= 4 is 23.4 Å². The molecule has 5 unspecified atom stereocenters. The third kappa shape index (κ3) is 4.48. The maximum Gasteiger partial charge on any atom is 0.246 e. The van der Waals surface area contributed by atoms with Crippen molar-refractivity contribution in [2.75, 3.05) is 12.4 Å². The second kappa shape index (κ2) is 10.4. The Balaban J connectivity index is 1.31. The van der Waals surface area contributed by atoms with E-state index in [1.165, 1.54) is 6.42 Å². The van der Waals surface area contributed by atoms with E-state index in [2.05, 4.69) is 10.6 Å². The monoisotopic (exact) mass is 543 g/mol. The zero-order valence-electron chi connectivity index (χ0n) is 23.3. The van der Waals surface area contributed by atoms with E-state index >= 15 is 0 Å². The smallest absolute Gasteiger partial charge is 0.246 e. The third-order valence-electron chi connectivity index (χ3n) is 9.16. The van der Waals surface area contributed by atoms with E-state index < -0.39 is 29.6 Å². The number of amides is 3. The summed E-state index contributed by atoms with van der Waals surface area (Å²) in [6, 6.07) is 12.5. The quantitative estimate of drug-likeness (QED) is 0.514. The van der Waals surface area contributed by atoms with Crippen LogP contribution in [0.4, 0.5) is 5.69 Å². The Morgan fingerprint density at radius 2 is 1.77 bits per heavy atom. The maximum atomic E-state index is 14.2. The Kier molecular flexibility index (Phi) is 6.90. The molecule has 40 heavy (non-hydrogen) atoms. The van der Waals surface area contributed by atoms with Gasteiger partial charge in [0.1, 0.15) is 17.4 Å². The van der Waals surface area contributed by atoms with Gasteiger partial charge in [0.15, 0.2) is 0 Å². The summed E-state index contributed by atoms with van der Waals surface area (Å²) in [4.78, 5) is 43.5. The Labute approximate surface area is 235 Å². The second-order valence-corrected chi connectivity index (χ2v) is 11.6. The van der Waals surface area contributed by atoms with Crippen LogP contribution in [0.3, 0.4) is 0 Å². The highest BCUT2D eigenvalue weighted by atomic mass is 16.5. The lowest BCUT2D eigenvalue weighted by Gasteiger charge is -2.34. The zero-order valence-corrected chi connectivity index (χ0v) is 23.3. The first-order chi connectivity index (χ1) is 19.3. The lowest BCUT2D eigenvalue weighted by Crippen LogP contribution is -2.56. The number of hydrogen-bond donors (Lipinski definition) is 2. The molecule has 8 nitrogen and oxygen atoms in total. The summed E-state index contributed by atoms with van der Waals surface area (Å²) in [6.45, 7) is 4.25. The van der Waals surface area contributed by atoms with Crippen molar-refractivity contribution in [3.05, 3.63) is 71.3 Å². The summed E-state index contributed by atoms with van der Waals surface area (Å²) in [7, 11) is 1.61. The van der Waals surface area contributed by atoms with E-state index in [9.17, 15) is 14.4 Å². The highest BCUT2D eigenvalue weighted by Gasteiger charge is 2.72. The number of carbonyl (C=O) groups excluding carboxylic acids is 3. The predicted molar refractivity (Wildman–Crippen MR) is 151 cm³/mol. The van der Waals surface area contributed by atoms with Gasteiger partial charge in [-0.25, -0.2) is 0 Å². The van der Waals surface area contributed by atoms with Gasteiger partial charge in [0.05, 0.1) is 25.0 Å². The second-order valence-electron chi connectivity index (χ2n) is 11.6. The van der Waals surface area contributed by atoms with Crippen molar-refractivity contribution in [3.8, 4) is 5.75 Å². The molecule has 1 saturated carbocycles. The van der Waals surface area contributed by atoms with Gasteiger partial charge in [-0.05, 0) is 67.6 Å². The van der Waals surface area contributed by atoms with Gasteiger partial charge in [-0.2, -0.15) is 0 Å². The molecule has 1 spiro atoms. The van der Waals surface area contributed by atoms with E-state index in [1.807, 2.05) is 68.5 Å². The van der Waals surface area contributed by atoms with Crippen LogP contribution in [0.2, 0.25) is 0 Å². The number of anilines is 1. The van der Waals surface area contributed by atoms with Gasteiger partial charge < -0.3 is 25.0 Å². The first-order valence-corrected chi connectivity index (χ1v) is 14.3. The van der Waals surface area contributed by atoms with Crippen LogP contribution < -0.4 is 15.4 Å². The Bertz CT molecular complexity index is 1350. The van der Waals surface area contributed by atoms with Crippen LogP contribution in [0, 0.1) is 25.7 Å².